The number of H-pyrrole nitrogens is 2. The van der Waals surface area contributed by atoms with Crippen LogP contribution in [0.15, 0.2) is 66.9 Å². The minimum Gasteiger partial charge on any atom is -0.360 e. The molecule has 7 heteroatoms. The molecule has 0 unspecified atom stereocenters. The van der Waals surface area contributed by atoms with E-state index in [0.717, 1.165) is 0 Å². The normalized spacial score (nSPS) is 9.83. The number of hydrogen-bond donors (Lipinski definition) is 2. The van der Waals surface area contributed by atoms with Crippen LogP contribution in [0, 0.1) is 34.3 Å². The number of nitriles is 2. The van der Waals surface area contributed by atoms with E-state index in [9.17, 15) is 8.78 Å². The predicted molar refractivity (Wildman–Crippen MR) is 107 cm³/mol. The lowest BCUT2D eigenvalue weighted by atomic mass is 10.1. The van der Waals surface area contributed by atoms with E-state index in [1.54, 1.807) is 48.7 Å². The highest BCUT2D eigenvalue weighted by atomic mass is 35.5. The van der Waals surface area contributed by atoms with Crippen molar-refractivity contribution in [2.75, 3.05) is 0 Å². The maximum absolute atomic E-state index is 13.4. The molecule has 4 aromatic rings. The molecular weight excluding hydrogens is 394 g/mol. The van der Waals surface area contributed by atoms with Crippen molar-refractivity contribution in [3.05, 3.63) is 94.8 Å². The van der Waals surface area contributed by atoms with Crippen molar-refractivity contribution in [3.63, 3.8) is 0 Å². The number of nitrogens with one attached hydrogen (secondary N) is 2. The lowest BCUT2D eigenvalue weighted by Crippen LogP contribution is -1.82. The van der Waals surface area contributed by atoms with E-state index in [0.29, 0.717) is 33.6 Å². The summed E-state index contributed by atoms with van der Waals surface area (Å²) in [5, 5.41) is 17.5. The molecule has 142 valence electrons. The third-order valence-corrected chi connectivity index (χ3v) is 4.33. The summed E-state index contributed by atoms with van der Waals surface area (Å²) in [6, 6.07) is 19.8. The van der Waals surface area contributed by atoms with Gasteiger partial charge >= 0.3 is 0 Å². The Kier molecular flexibility index (Phi) is 6.09. The first-order valence-corrected chi connectivity index (χ1v) is 8.78. The second-order valence-corrected chi connectivity index (χ2v) is 6.27. The van der Waals surface area contributed by atoms with E-state index < -0.39 is 0 Å². The van der Waals surface area contributed by atoms with Gasteiger partial charge in [-0.25, -0.2) is 8.78 Å². The van der Waals surface area contributed by atoms with Crippen LogP contribution in [0.25, 0.3) is 22.5 Å². The average molecular weight is 407 g/mol. The van der Waals surface area contributed by atoms with Crippen LogP contribution < -0.4 is 0 Å². The van der Waals surface area contributed by atoms with Crippen molar-refractivity contribution in [1.82, 2.24) is 9.97 Å². The molecule has 0 amide bonds. The Morgan fingerprint density at radius 3 is 1.86 bits per heavy atom. The molecule has 4 nitrogen and oxygen atoms in total. The fraction of sp³-hybridized carbons (Fsp3) is 0. The summed E-state index contributed by atoms with van der Waals surface area (Å²) in [6.07, 6.45) is 1.56. The van der Waals surface area contributed by atoms with Gasteiger partial charge in [-0.1, -0.05) is 35.9 Å². The van der Waals surface area contributed by atoms with E-state index in [1.165, 1.54) is 18.2 Å². The Bertz CT molecular complexity index is 1230. The Hall–Kier alpha value is -3.87. The van der Waals surface area contributed by atoms with Gasteiger partial charge in [-0.2, -0.15) is 10.5 Å². The van der Waals surface area contributed by atoms with Crippen molar-refractivity contribution in [2.45, 2.75) is 0 Å². The summed E-state index contributed by atoms with van der Waals surface area (Å²) < 4.78 is 26.7. The minimum atomic E-state index is -0.347. The van der Waals surface area contributed by atoms with Crippen molar-refractivity contribution < 1.29 is 8.78 Å². The number of aromatic amines is 2. The first-order chi connectivity index (χ1) is 14.0. The Morgan fingerprint density at radius 2 is 1.38 bits per heavy atom. The van der Waals surface area contributed by atoms with E-state index in [2.05, 4.69) is 9.97 Å². The smallest absolute Gasteiger partial charge is 0.132 e. The number of nitrogens with zero attached hydrogens (tertiary/aromatic N) is 2. The fourth-order valence-electron chi connectivity index (χ4n) is 2.63. The molecule has 4 rings (SSSR count). The fourth-order valence-corrected chi connectivity index (χ4v) is 2.83. The van der Waals surface area contributed by atoms with Gasteiger partial charge in [0.15, 0.2) is 0 Å². The molecule has 0 spiro atoms. The van der Waals surface area contributed by atoms with Crippen molar-refractivity contribution in [2.24, 2.45) is 0 Å². The van der Waals surface area contributed by atoms with Gasteiger partial charge in [-0.05, 0) is 36.4 Å². The van der Waals surface area contributed by atoms with Gasteiger partial charge in [0, 0.05) is 23.0 Å². The minimum absolute atomic E-state index is 0.232. The molecule has 0 atom stereocenters. The molecule has 0 saturated carbocycles. The van der Waals surface area contributed by atoms with E-state index in [-0.39, 0.29) is 16.8 Å². The summed E-state index contributed by atoms with van der Waals surface area (Å²) in [4.78, 5) is 5.61. The second kappa shape index (κ2) is 8.88. The zero-order valence-corrected chi connectivity index (χ0v) is 15.6. The number of benzene rings is 2. The van der Waals surface area contributed by atoms with Crippen LogP contribution in [0.3, 0.4) is 0 Å². The number of rotatable bonds is 2. The first-order valence-electron chi connectivity index (χ1n) is 8.40. The van der Waals surface area contributed by atoms with Crippen LogP contribution in [-0.2, 0) is 0 Å². The van der Waals surface area contributed by atoms with Crippen LogP contribution in [0.2, 0.25) is 5.15 Å². The highest BCUT2D eigenvalue weighted by Gasteiger charge is 2.10. The first kappa shape index (κ1) is 19.9. The van der Waals surface area contributed by atoms with Gasteiger partial charge in [-0.3, -0.25) is 0 Å². The van der Waals surface area contributed by atoms with Crippen molar-refractivity contribution >= 4 is 11.6 Å². The molecule has 0 aliphatic rings. The Labute approximate surface area is 170 Å². The topological polar surface area (TPSA) is 79.2 Å². The van der Waals surface area contributed by atoms with Gasteiger partial charge in [0.2, 0.25) is 0 Å². The summed E-state index contributed by atoms with van der Waals surface area (Å²) in [7, 11) is 0. The molecular formula is C22H13ClF2N4. The zero-order chi connectivity index (χ0) is 20.8. The molecule has 0 radical (unpaired) electrons. The van der Waals surface area contributed by atoms with Crippen molar-refractivity contribution in [3.8, 4) is 34.7 Å². The quantitative estimate of drug-likeness (QED) is 0.425. The Balaban J connectivity index is 0.000000166. The van der Waals surface area contributed by atoms with Gasteiger partial charge in [0.25, 0.3) is 0 Å². The SMILES string of the molecule is N#Cc1c[nH]c(-c2ccccc2F)c1.N#Cc1cc(-c2ccccc2F)[nH]c1Cl. The lowest BCUT2D eigenvalue weighted by Gasteiger charge is -1.98. The lowest BCUT2D eigenvalue weighted by molar-refractivity contribution is 0.630. The number of hydrogen-bond acceptors (Lipinski definition) is 2. The third kappa shape index (κ3) is 4.52. The van der Waals surface area contributed by atoms with Crippen LogP contribution >= 0.6 is 11.6 Å². The predicted octanol–water partition coefficient (Wildman–Crippen LogP) is 6.04. The summed E-state index contributed by atoms with van der Waals surface area (Å²) in [6.45, 7) is 0. The number of aromatic nitrogens is 2. The van der Waals surface area contributed by atoms with Crippen LogP contribution in [0.1, 0.15) is 11.1 Å². The molecule has 2 aromatic heterocycles. The van der Waals surface area contributed by atoms with Crippen LogP contribution in [-0.4, -0.2) is 9.97 Å². The molecule has 2 aromatic carbocycles. The highest BCUT2D eigenvalue weighted by Crippen LogP contribution is 2.26. The summed E-state index contributed by atoms with van der Waals surface area (Å²) in [5.41, 5.74) is 2.84. The van der Waals surface area contributed by atoms with Crippen molar-refractivity contribution in [1.29, 1.82) is 10.5 Å². The Morgan fingerprint density at radius 1 is 0.793 bits per heavy atom. The van der Waals surface area contributed by atoms with E-state index in [1.807, 2.05) is 12.1 Å². The van der Waals surface area contributed by atoms with Gasteiger partial charge in [-0.15, -0.1) is 0 Å². The molecule has 0 saturated heterocycles. The van der Waals surface area contributed by atoms with Gasteiger partial charge in [0.05, 0.1) is 16.8 Å². The largest absolute Gasteiger partial charge is 0.360 e. The molecule has 2 N–H and O–H groups in total. The monoisotopic (exact) mass is 406 g/mol. The standard InChI is InChI=1S/C11H6ClFN2.C11H7FN2/c12-11-7(6-14)5-10(15-11)8-3-1-2-4-9(8)13;12-10-4-2-1-3-9(10)11-5-8(6-13)7-14-11/h1-5,15H;1-5,7,14H. The summed E-state index contributed by atoms with van der Waals surface area (Å²) >= 11 is 5.75. The molecule has 0 aliphatic carbocycles. The van der Waals surface area contributed by atoms with Gasteiger partial charge in [0.1, 0.15) is 28.9 Å². The van der Waals surface area contributed by atoms with E-state index >= 15 is 0 Å². The van der Waals surface area contributed by atoms with Crippen LogP contribution in [0.5, 0.6) is 0 Å². The van der Waals surface area contributed by atoms with E-state index in [4.69, 9.17) is 22.1 Å². The number of halogens is 3. The van der Waals surface area contributed by atoms with Gasteiger partial charge < -0.3 is 9.97 Å². The maximum Gasteiger partial charge on any atom is 0.132 e. The molecule has 0 fully saturated rings. The average Bonchev–Trinajstić information content (AvgIpc) is 3.35. The molecule has 0 bridgehead atoms. The molecule has 0 aliphatic heterocycles. The summed E-state index contributed by atoms with van der Waals surface area (Å²) in [5.74, 6) is -0.640. The zero-order valence-electron chi connectivity index (χ0n) is 14.9. The second-order valence-electron chi connectivity index (χ2n) is 5.90. The third-order valence-electron chi connectivity index (χ3n) is 4.03. The molecule has 2 heterocycles. The highest BCUT2D eigenvalue weighted by molar-refractivity contribution is 6.30. The van der Waals surface area contributed by atoms with Crippen LogP contribution in [0.4, 0.5) is 8.78 Å². The molecule has 29 heavy (non-hydrogen) atoms. The maximum atomic E-state index is 13.4.